The van der Waals surface area contributed by atoms with E-state index < -0.39 is 5.41 Å². The van der Waals surface area contributed by atoms with E-state index in [0.717, 1.165) is 19.3 Å². The van der Waals surface area contributed by atoms with Crippen LogP contribution >= 0.6 is 0 Å². The fourth-order valence-corrected chi connectivity index (χ4v) is 5.89. The Labute approximate surface area is 152 Å². The Kier molecular flexibility index (Phi) is 5.16. The Morgan fingerprint density at radius 1 is 1.36 bits per heavy atom. The first-order chi connectivity index (χ1) is 11.8. The van der Waals surface area contributed by atoms with Crippen molar-refractivity contribution in [3.8, 4) is 0 Å². The average molecular weight is 347 g/mol. The molecule has 1 fully saturated rings. The zero-order chi connectivity index (χ0) is 18.2. The van der Waals surface area contributed by atoms with Crippen molar-refractivity contribution in [2.45, 2.75) is 66.2 Å². The number of ether oxygens (including phenoxy) is 1. The maximum atomic E-state index is 12.8. The quantitative estimate of drug-likeness (QED) is 0.753. The second-order valence-corrected chi connectivity index (χ2v) is 9.09. The van der Waals surface area contributed by atoms with Gasteiger partial charge in [0.1, 0.15) is 6.61 Å². The van der Waals surface area contributed by atoms with Crippen molar-refractivity contribution in [1.29, 1.82) is 0 Å². The molecule has 1 saturated carbocycles. The fraction of sp³-hybridized carbons (Fsp3) is 0.773. The van der Waals surface area contributed by atoms with E-state index in [1.165, 1.54) is 24.8 Å². The summed E-state index contributed by atoms with van der Waals surface area (Å²) in [4.78, 5) is 12.8. The molecule has 0 aliphatic heterocycles. The molecule has 3 heteroatoms. The summed E-state index contributed by atoms with van der Waals surface area (Å²) in [5, 5.41) is 9.01. The Morgan fingerprint density at radius 3 is 2.80 bits per heavy atom. The predicted molar refractivity (Wildman–Crippen MR) is 99.9 cm³/mol. The summed E-state index contributed by atoms with van der Waals surface area (Å²) in [7, 11) is 0. The van der Waals surface area contributed by atoms with E-state index in [4.69, 9.17) is 9.84 Å². The largest absolute Gasteiger partial charge is 0.463 e. The number of hydrogen-bond donors (Lipinski definition) is 1. The second-order valence-electron chi connectivity index (χ2n) is 9.09. The molecule has 0 spiro atoms. The molecule has 0 aromatic heterocycles. The van der Waals surface area contributed by atoms with Gasteiger partial charge in [-0.25, -0.2) is 0 Å². The van der Waals surface area contributed by atoms with Gasteiger partial charge in [-0.1, -0.05) is 44.9 Å². The minimum Gasteiger partial charge on any atom is -0.463 e. The number of fused-ring (bicyclic) bond motifs is 3. The van der Waals surface area contributed by atoms with E-state index >= 15 is 0 Å². The first-order valence-corrected chi connectivity index (χ1v) is 10.0. The Bertz CT molecular complexity index is 588. The normalized spacial score (nSPS) is 37.7. The highest BCUT2D eigenvalue weighted by atomic mass is 16.5. The number of rotatable bonds is 4. The van der Waals surface area contributed by atoms with Gasteiger partial charge in [0, 0.05) is 0 Å². The molecule has 0 bridgehead atoms. The second kappa shape index (κ2) is 6.90. The lowest BCUT2D eigenvalue weighted by Gasteiger charge is -2.57. The van der Waals surface area contributed by atoms with Crippen LogP contribution in [0.1, 0.15) is 66.2 Å². The van der Waals surface area contributed by atoms with Crippen LogP contribution in [0.15, 0.2) is 23.3 Å². The van der Waals surface area contributed by atoms with E-state index in [2.05, 4.69) is 39.8 Å². The third-order valence-corrected chi connectivity index (χ3v) is 7.37. The van der Waals surface area contributed by atoms with Gasteiger partial charge in [0.2, 0.25) is 0 Å². The Balaban J connectivity index is 1.91. The molecule has 0 saturated heterocycles. The van der Waals surface area contributed by atoms with Crippen LogP contribution in [0.2, 0.25) is 0 Å². The lowest BCUT2D eigenvalue weighted by molar-refractivity contribution is -0.170. The smallest absolute Gasteiger partial charge is 0.312 e. The predicted octanol–water partition coefficient (Wildman–Crippen LogP) is 4.66. The van der Waals surface area contributed by atoms with Gasteiger partial charge in [-0.05, 0) is 67.8 Å². The summed E-state index contributed by atoms with van der Waals surface area (Å²) in [5.41, 5.74) is 2.84. The minimum absolute atomic E-state index is 0.0980. The van der Waals surface area contributed by atoms with E-state index in [-0.39, 0.29) is 24.6 Å². The van der Waals surface area contributed by atoms with Crippen LogP contribution in [-0.2, 0) is 9.53 Å². The molecule has 3 nitrogen and oxygen atoms in total. The van der Waals surface area contributed by atoms with Crippen LogP contribution in [0.25, 0.3) is 0 Å². The van der Waals surface area contributed by atoms with Crippen LogP contribution in [0.5, 0.6) is 0 Å². The molecule has 0 aromatic rings. The van der Waals surface area contributed by atoms with Crippen molar-refractivity contribution < 1.29 is 14.6 Å². The minimum atomic E-state index is -0.424. The van der Waals surface area contributed by atoms with Crippen molar-refractivity contribution >= 4 is 5.97 Å². The third kappa shape index (κ3) is 3.09. The summed E-state index contributed by atoms with van der Waals surface area (Å²) >= 11 is 0. The van der Waals surface area contributed by atoms with E-state index in [1.807, 2.05) is 0 Å². The van der Waals surface area contributed by atoms with Gasteiger partial charge in [-0.2, -0.15) is 0 Å². The van der Waals surface area contributed by atoms with Gasteiger partial charge in [-0.3, -0.25) is 4.79 Å². The first kappa shape index (κ1) is 18.7. The highest BCUT2D eigenvalue weighted by molar-refractivity contribution is 5.77. The van der Waals surface area contributed by atoms with E-state index in [9.17, 15) is 4.79 Å². The van der Waals surface area contributed by atoms with E-state index in [0.29, 0.717) is 17.8 Å². The SMILES string of the molecule is CC(C)C1=CC2=CCC3[C@](C)(C(=O)OCCO)CCC[C@]3(C)[C@H]2CC1. The zero-order valence-corrected chi connectivity index (χ0v) is 16.3. The number of esters is 1. The topological polar surface area (TPSA) is 46.5 Å². The van der Waals surface area contributed by atoms with Crippen LogP contribution in [-0.4, -0.2) is 24.3 Å². The summed E-state index contributed by atoms with van der Waals surface area (Å²) in [6.07, 6.45) is 11.4. The summed E-state index contributed by atoms with van der Waals surface area (Å²) in [6.45, 7) is 9.11. The Morgan fingerprint density at radius 2 is 2.12 bits per heavy atom. The van der Waals surface area contributed by atoms with Gasteiger partial charge in [0.25, 0.3) is 0 Å². The lowest BCUT2D eigenvalue weighted by Crippen LogP contribution is -2.53. The van der Waals surface area contributed by atoms with E-state index in [1.54, 1.807) is 5.57 Å². The maximum Gasteiger partial charge on any atom is 0.312 e. The molecular weight excluding hydrogens is 312 g/mol. The van der Waals surface area contributed by atoms with Gasteiger partial charge in [0.05, 0.1) is 12.0 Å². The van der Waals surface area contributed by atoms with Crippen molar-refractivity contribution in [3.05, 3.63) is 23.3 Å². The van der Waals surface area contributed by atoms with Gasteiger partial charge >= 0.3 is 5.97 Å². The molecule has 3 aliphatic rings. The van der Waals surface area contributed by atoms with Crippen LogP contribution in [0.4, 0.5) is 0 Å². The Hall–Kier alpha value is -1.09. The third-order valence-electron chi connectivity index (χ3n) is 7.37. The molecule has 25 heavy (non-hydrogen) atoms. The van der Waals surface area contributed by atoms with Crippen LogP contribution < -0.4 is 0 Å². The van der Waals surface area contributed by atoms with Gasteiger partial charge in [0.15, 0.2) is 0 Å². The zero-order valence-electron chi connectivity index (χ0n) is 16.3. The molecule has 0 radical (unpaired) electrons. The van der Waals surface area contributed by atoms with Crippen molar-refractivity contribution in [2.75, 3.05) is 13.2 Å². The number of carbonyl (C=O) groups is 1. The van der Waals surface area contributed by atoms with Gasteiger partial charge < -0.3 is 9.84 Å². The highest BCUT2D eigenvalue weighted by Gasteiger charge is 2.57. The average Bonchev–Trinajstić information content (AvgIpc) is 2.58. The van der Waals surface area contributed by atoms with Crippen LogP contribution in [0.3, 0.4) is 0 Å². The number of aliphatic hydroxyl groups excluding tert-OH is 1. The molecule has 140 valence electrons. The van der Waals surface area contributed by atoms with Crippen LogP contribution in [0, 0.1) is 28.6 Å². The molecule has 0 aromatic carbocycles. The van der Waals surface area contributed by atoms with Crippen molar-refractivity contribution in [1.82, 2.24) is 0 Å². The molecule has 4 atom stereocenters. The molecular formula is C22H34O3. The maximum absolute atomic E-state index is 12.8. The molecule has 3 rings (SSSR count). The molecule has 3 aliphatic carbocycles. The monoisotopic (exact) mass is 346 g/mol. The molecule has 0 heterocycles. The fourth-order valence-electron chi connectivity index (χ4n) is 5.89. The molecule has 1 unspecified atom stereocenters. The number of hydrogen-bond acceptors (Lipinski definition) is 3. The standard InChI is InChI=1S/C22H34O3/c1-15(2)16-6-8-18-17(14-16)7-9-19-21(18,3)10-5-11-22(19,4)20(24)25-13-12-23/h7,14-15,18-19,23H,5-6,8-13H2,1-4H3/t18-,19?,21+,22+/m0/s1. The number of allylic oxidation sites excluding steroid dienone is 4. The summed E-state index contributed by atoms with van der Waals surface area (Å²) in [5.74, 6) is 1.42. The lowest BCUT2D eigenvalue weighted by atomic mass is 9.47. The number of carbonyl (C=O) groups excluding carboxylic acids is 1. The van der Waals surface area contributed by atoms with Crippen molar-refractivity contribution in [3.63, 3.8) is 0 Å². The molecule has 0 amide bonds. The number of aliphatic hydroxyl groups is 1. The van der Waals surface area contributed by atoms with Gasteiger partial charge in [-0.15, -0.1) is 0 Å². The molecule has 1 N–H and O–H groups in total. The first-order valence-electron chi connectivity index (χ1n) is 10.0. The van der Waals surface area contributed by atoms with Crippen molar-refractivity contribution in [2.24, 2.45) is 28.6 Å². The summed E-state index contributed by atoms with van der Waals surface area (Å²) in [6, 6.07) is 0. The highest BCUT2D eigenvalue weighted by Crippen LogP contribution is 2.62. The summed E-state index contributed by atoms with van der Waals surface area (Å²) < 4.78 is 5.39.